The van der Waals surface area contributed by atoms with Crippen LogP contribution in [0, 0.1) is 5.92 Å². The van der Waals surface area contributed by atoms with Gasteiger partial charge in [0.15, 0.2) is 0 Å². The van der Waals surface area contributed by atoms with Gasteiger partial charge in [0.1, 0.15) is 0 Å². The number of fused-ring (bicyclic) bond motifs is 1. The second kappa shape index (κ2) is 11.8. The summed E-state index contributed by atoms with van der Waals surface area (Å²) >= 11 is 0. The molecular formula is C34H46BN3O4. The molecule has 3 aliphatic rings. The Balaban J connectivity index is 1.24. The molecule has 1 N–H and O–H groups in total. The Morgan fingerprint density at radius 3 is 2.57 bits per heavy atom. The van der Waals surface area contributed by atoms with Gasteiger partial charge in [0.25, 0.3) is 0 Å². The molecule has 1 aliphatic carbocycles. The first-order valence-corrected chi connectivity index (χ1v) is 15.7. The largest absolute Gasteiger partial charge is 0.494 e. The Morgan fingerprint density at radius 1 is 1.07 bits per heavy atom. The molecule has 2 aromatic carbocycles. The van der Waals surface area contributed by atoms with Crippen molar-refractivity contribution in [2.24, 2.45) is 5.92 Å². The van der Waals surface area contributed by atoms with Crippen LogP contribution < -0.4 is 10.8 Å². The van der Waals surface area contributed by atoms with Crippen molar-refractivity contribution in [2.75, 3.05) is 26.8 Å². The van der Waals surface area contributed by atoms with Crippen molar-refractivity contribution in [3.05, 3.63) is 65.9 Å². The molecule has 2 aliphatic heterocycles. The molecule has 0 spiro atoms. The lowest BCUT2D eigenvalue weighted by atomic mass is 9.74. The molecule has 3 heterocycles. The molecule has 0 radical (unpaired) electrons. The Hall–Kier alpha value is -2.65. The molecule has 3 aromatic rings. The molecule has 2 atom stereocenters. The maximum atomic E-state index is 14.4. The van der Waals surface area contributed by atoms with Crippen LogP contribution in [0.1, 0.15) is 70.4 Å². The van der Waals surface area contributed by atoms with Crippen LogP contribution in [0.5, 0.6) is 0 Å². The second-order valence-electron chi connectivity index (χ2n) is 13.4. The summed E-state index contributed by atoms with van der Waals surface area (Å²) in [5.74, 6) is 0.313. The number of ether oxygens (including phenoxy) is 1. The highest BCUT2D eigenvalue weighted by Gasteiger charge is 2.52. The number of nitrogens with zero attached hydrogens (tertiary/aromatic N) is 2. The quantitative estimate of drug-likeness (QED) is 0.278. The molecule has 8 heteroatoms. The van der Waals surface area contributed by atoms with Crippen molar-refractivity contribution in [3.8, 4) is 0 Å². The summed E-state index contributed by atoms with van der Waals surface area (Å²) in [6, 6.07) is 17.5. The molecule has 2 saturated heterocycles. The van der Waals surface area contributed by atoms with Crippen LogP contribution in [0.3, 0.4) is 0 Å². The standard InChI is InChI=1S/C34H46BN3O4/c1-33(2)34(3,4)42-35(41-33)26-11-8-10-24(20-26)28-16-17-36-21-30(28)32(39)38(27-14-15-27)23-25-22-37(18-9-19-40-5)31-13-7-6-12-29(25)31/h6-8,10-13,20,22,27-28,30,36H,9,14-19,21,23H2,1-5H3/t28-,30+/m1/s1. The van der Waals surface area contributed by atoms with Gasteiger partial charge in [-0.3, -0.25) is 4.79 Å². The van der Waals surface area contributed by atoms with Gasteiger partial charge in [0.2, 0.25) is 5.91 Å². The summed E-state index contributed by atoms with van der Waals surface area (Å²) in [6.07, 6.45) is 6.31. The summed E-state index contributed by atoms with van der Waals surface area (Å²) in [6.45, 7) is 12.2. The molecule has 1 amide bonds. The topological polar surface area (TPSA) is 65.0 Å². The van der Waals surface area contributed by atoms with Crippen molar-refractivity contribution in [1.29, 1.82) is 0 Å². The minimum atomic E-state index is -0.407. The Bertz CT molecular complexity index is 1400. The van der Waals surface area contributed by atoms with E-state index < -0.39 is 18.3 Å². The van der Waals surface area contributed by atoms with E-state index in [1.807, 2.05) is 0 Å². The lowest BCUT2D eigenvalue weighted by Gasteiger charge is -2.36. The monoisotopic (exact) mass is 571 g/mol. The van der Waals surface area contributed by atoms with Crippen molar-refractivity contribution in [1.82, 2.24) is 14.8 Å². The molecule has 1 saturated carbocycles. The number of aryl methyl sites for hydroxylation is 1. The number of aromatic nitrogens is 1. The predicted molar refractivity (Wildman–Crippen MR) is 168 cm³/mol. The fraction of sp³-hybridized carbons (Fsp3) is 0.559. The molecule has 3 fully saturated rings. The van der Waals surface area contributed by atoms with E-state index in [4.69, 9.17) is 14.0 Å². The second-order valence-corrected chi connectivity index (χ2v) is 13.4. The average Bonchev–Trinajstić information content (AvgIpc) is 3.73. The molecule has 0 unspecified atom stereocenters. The van der Waals surface area contributed by atoms with E-state index in [9.17, 15) is 4.79 Å². The van der Waals surface area contributed by atoms with E-state index in [1.54, 1.807) is 7.11 Å². The van der Waals surface area contributed by atoms with E-state index in [1.165, 1.54) is 22.0 Å². The highest BCUT2D eigenvalue weighted by molar-refractivity contribution is 6.62. The summed E-state index contributed by atoms with van der Waals surface area (Å²) < 4.78 is 20.3. The normalized spacial score (nSPS) is 23.4. The first-order chi connectivity index (χ1) is 20.2. The summed E-state index contributed by atoms with van der Waals surface area (Å²) in [5.41, 5.74) is 3.90. The fourth-order valence-corrected chi connectivity index (χ4v) is 6.62. The lowest BCUT2D eigenvalue weighted by molar-refractivity contribution is -0.138. The zero-order valence-electron chi connectivity index (χ0n) is 25.9. The maximum absolute atomic E-state index is 14.4. The van der Waals surface area contributed by atoms with Gasteiger partial charge in [0.05, 0.1) is 17.1 Å². The number of carbonyl (C=O) groups excluding carboxylic acids is 1. The fourth-order valence-electron chi connectivity index (χ4n) is 6.62. The van der Waals surface area contributed by atoms with Gasteiger partial charge in [-0.05, 0) is 88.5 Å². The number of benzene rings is 2. The number of rotatable bonds is 10. The van der Waals surface area contributed by atoms with Gasteiger partial charge in [-0.1, -0.05) is 42.5 Å². The van der Waals surface area contributed by atoms with Crippen LogP contribution >= 0.6 is 0 Å². The Labute approximate surface area is 251 Å². The molecule has 6 rings (SSSR count). The maximum Gasteiger partial charge on any atom is 0.494 e. The van der Waals surface area contributed by atoms with E-state index in [2.05, 4.69) is 97.2 Å². The van der Waals surface area contributed by atoms with Gasteiger partial charge < -0.3 is 28.8 Å². The van der Waals surface area contributed by atoms with Gasteiger partial charge in [-0.25, -0.2) is 0 Å². The van der Waals surface area contributed by atoms with Gasteiger partial charge in [0, 0.05) is 56.5 Å². The van der Waals surface area contributed by atoms with Gasteiger partial charge >= 0.3 is 7.12 Å². The lowest BCUT2D eigenvalue weighted by Crippen LogP contribution is -2.47. The predicted octanol–water partition coefficient (Wildman–Crippen LogP) is 4.86. The summed E-state index contributed by atoms with van der Waals surface area (Å²) in [5, 5.41) is 4.77. The van der Waals surface area contributed by atoms with E-state index >= 15 is 0 Å². The Kier molecular flexibility index (Phi) is 8.27. The molecule has 224 valence electrons. The van der Waals surface area contributed by atoms with Crippen LogP contribution in [-0.2, 0) is 31.9 Å². The SMILES string of the molecule is COCCCn1cc(CN(C(=O)[C@H]2CNCC[C@@H]2c2cccc(B3OC(C)(C)C(C)(C)O3)c2)C2CC2)c2ccccc21. The zero-order chi connectivity index (χ0) is 29.5. The smallest absolute Gasteiger partial charge is 0.399 e. The number of hydrogen-bond donors (Lipinski definition) is 1. The van der Waals surface area contributed by atoms with Crippen LogP contribution in [-0.4, -0.2) is 66.5 Å². The molecule has 42 heavy (non-hydrogen) atoms. The molecule has 0 bridgehead atoms. The number of amides is 1. The van der Waals surface area contributed by atoms with E-state index in [-0.39, 0.29) is 17.7 Å². The minimum absolute atomic E-state index is 0.108. The summed E-state index contributed by atoms with van der Waals surface area (Å²) in [4.78, 5) is 16.6. The number of piperidine rings is 1. The van der Waals surface area contributed by atoms with Crippen LogP contribution in [0.2, 0.25) is 0 Å². The highest BCUT2D eigenvalue weighted by atomic mass is 16.7. The number of nitrogens with one attached hydrogen (secondary N) is 1. The third-order valence-electron chi connectivity index (χ3n) is 9.89. The minimum Gasteiger partial charge on any atom is -0.399 e. The van der Waals surface area contributed by atoms with E-state index in [0.29, 0.717) is 19.1 Å². The van der Waals surface area contributed by atoms with Crippen LogP contribution in [0.4, 0.5) is 0 Å². The first kappa shape index (κ1) is 29.4. The van der Waals surface area contributed by atoms with Crippen molar-refractivity contribution in [2.45, 2.75) is 89.6 Å². The third-order valence-corrected chi connectivity index (χ3v) is 9.89. The third kappa shape index (κ3) is 5.79. The molecule has 7 nitrogen and oxygen atoms in total. The highest BCUT2D eigenvalue weighted by Crippen LogP contribution is 2.39. The average molecular weight is 572 g/mol. The van der Waals surface area contributed by atoms with Crippen LogP contribution in [0.15, 0.2) is 54.7 Å². The Morgan fingerprint density at radius 2 is 1.83 bits per heavy atom. The number of para-hydroxylation sites is 1. The number of hydrogen-bond acceptors (Lipinski definition) is 5. The zero-order valence-corrected chi connectivity index (χ0v) is 25.9. The summed E-state index contributed by atoms with van der Waals surface area (Å²) in [7, 11) is 1.34. The van der Waals surface area contributed by atoms with Gasteiger partial charge in [-0.2, -0.15) is 0 Å². The number of carbonyl (C=O) groups is 1. The molecule has 1 aromatic heterocycles. The first-order valence-electron chi connectivity index (χ1n) is 15.7. The number of methoxy groups -OCH3 is 1. The molecular weight excluding hydrogens is 525 g/mol. The van der Waals surface area contributed by atoms with E-state index in [0.717, 1.165) is 50.8 Å². The van der Waals surface area contributed by atoms with Crippen molar-refractivity contribution < 1.29 is 18.8 Å². The van der Waals surface area contributed by atoms with Crippen LogP contribution in [0.25, 0.3) is 10.9 Å². The van der Waals surface area contributed by atoms with Crippen molar-refractivity contribution in [3.63, 3.8) is 0 Å². The van der Waals surface area contributed by atoms with Gasteiger partial charge in [-0.15, -0.1) is 0 Å². The van der Waals surface area contributed by atoms with Crippen molar-refractivity contribution >= 4 is 29.4 Å².